The van der Waals surface area contributed by atoms with Crippen LogP contribution >= 0.6 is 0 Å². The van der Waals surface area contributed by atoms with Crippen LogP contribution in [0.4, 0.5) is 5.69 Å². The van der Waals surface area contributed by atoms with E-state index in [1.807, 2.05) is 0 Å². The third-order valence-corrected chi connectivity index (χ3v) is 3.62. The standard InChI is InChI=1S/C10H11NO5S/c12-7-1-2-8-17(15,16)10-5-3-9(4-6-10)11(13)14/h1-6,12H,7-8H2/b2-1+. The Kier molecular flexibility index (Phi) is 4.36. The van der Waals surface area contributed by atoms with Gasteiger partial charge >= 0.3 is 0 Å². The summed E-state index contributed by atoms with van der Waals surface area (Å²) in [7, 11) is -3.50. The van der Waals surface area contributed by atoms with Crippen LogP contribution in [0.5, 0.6) is 0 Å². The molecule has 1 aromatic rings. The zero-order valence-corrected chi connectivity index (χ0v) is 9.63. The van der Waals surface area contributed by atoms with Crippen molar-refractivity contribution in [3.05, 3.63) is 46.5 Å². The van der Waals surface area contributed by atoms with Crippen LogP contribution in [0.25, 0.3) is 0 Å². The molecule has 6 nitrogen and oxygen atoms in total. The van der Waals surface area contributed by atoms with E-state index in [4.69, 9.17) is 5.11 Å². The van der Waals surface area contributed by atoms with E-state index < -0.39 is 14.8 Å². The third-order valence-electron chi connectivity index (χ3n) is 1.99. The maximum absolute atomic E-state index is 11.7. The average Bonchev–Trinajstić information content (AvgIpc) is 2.29. The molecule has 0 unspecified atom stereocenters. The van der Waals surface area contributed by atoms with Gasteiger partial charge in [0.15, 0.2) is 9.84 Å². The number of aliphatic hydroxyl groups excluding tert-OH is 1. The van der Waals surface area contributed by atoms with Crippen molar-refractivity contribution in [2.45, 2.75) is 4.90 Å². The van der Waals surface area contributed by atoms with E-state index >= 15 is 0 Å². The number of hydrogen-bond acceptors (Lipinski definition) is 5. The Hall–Kier alpha value is -1.73. The van der Waals surface area contributed by atoms with Crippen LogP contribution in [-0.2, 0) is 9.84 Å². The first-order chi connectivity index (χ1) is 7.97. The Morgan fingerprint density at radius 2 is 1.82 bits per heavy atom. The molecule has 1 rings (SSSR count). The number of nitro groups is 1. The van der Waals surface area contributed by atoms with Gasteiger partial charge in [0.05, 0.1) is 22.2 Å². The molecule has 7 heteroatoms. The van der Waals surface area contributed by atoms with E-state index in [0.29, 0.717) is 0 Å². The molecule has 92 valence electrons. The summed E-state index contributed by atoms with van der Waals surface area (Å²) in [5.74, 6) is -0.245. The van der Waals surface area contributed by atoms with Crippen molar-refractivity contribution < 1.29 is 18.4 Å². The number of nitro benzene ring substituents is 1. The van der Waals surface area contributed by atoms with E-state index in [1.165, 1.54) is 24.3 Å². The third kappa shape index (κ3) is 3.65. The van der Waals surface area contributed by atoms with Gasteiger partial charge in [0.1, 0.15) is 0 Å². The molecule has 0 bridgehead atoms. The lowest BCUT2D eigenvalue weighted by atomic mass is 10.3. The van der Waals surface area contributed by atoms with Gasteiger partial charge in [-0.05, 0) is 12.1 Å². The molecular formula is C10H11NO5S. The van der Waals surface area contributed by atoms with Gasteiger partial charge in [-0.25, -0.2) is 8.42 Å². The number of aliphatic hydroxyl groups is 1. The molecule has 0 aliphatic rings. The summed E-state index contributed by atoms with van der Waals surface area (Å²) in [6.45, 7) is -0.226. The van der Waals surface area contributed by atoms with Crippen LogP contribution in [0, 0.1) is 10.1 Å². The molecule has 17 heavy (non-hydrogen) atoms. The Bertz CT molecular complexity index is 518. The summed E-state index contributed by atoms with van der Waals surface area (Å²) in [5.41, 5.74) is -0.158. The Labute approximate surface area is 98.3 Å². The Morgan fingerprint density at radius 3 is 2.29 bits per heavy atom. The van der Waals surface area contributed by atoms with E-state index in [0.717, 1.165) is 12.1 Å². The summed E-state index contributed by atoms with van der Waals surface area (Å²) in [4.78, 5) is 9.81. The van der Waals surface area contributed by atoms with E-state index in [2.05, 4.69) is 0 Å². The smallest absolute Gasteiger partial charge is 0.269 e. The molecule has 0 saturated carbocycles. The summed E-state index contributed by atoms with van der Waals surface area (Å²) < 4.78 is 23.4. The first kappa shape index (κ1) is 13.3. The molecule has 0 aliphatic carbocycles. The number of benzene rings is 1. The predicted molar refractivity (Wildman–Crippen MR) is 61.4 cm³/mol. The molecule has 0 saturated heterocycles. The van der Waals surface area contributed by atoms with Gasteiger partial charge in [-0.3, -0.25) is 10.1 Å². The zero-order chi connectivity index (χ0) is 12.9. The SMILES string of the molecule is O=[N+]([O-])c1ccc(S(=O)(=O)C/C=C/CO)cc1. The summed E-state index contributed by atoms with van der Waals surface area (Å²) in [6.07, 6.45) is 2.65. The molecule has 0 heterocycles. The lowest BCUT2D eigenvalue weighted by Crippen LogP contribution is -2.04. The Morgan fingerprint density at radius 1 is 1.24 bits per heavy atom. The lowest BCUT2D eigenvalue weighted by Gasteiger charge is -2.00. The van der Waals surface area contributed by atoms with Crippen molar-refractivity contribution >= 4 is 15.5 Å². The topological polar surface area (TPSA) is 97.5 Å². The van der Waals surface area contributed by atoms with Gasteiger partial charge in [0.25, 0.3) is 5.69 Å². The summed E-state index contributed by atoms with van der Waals surface area (Å²) >= 11 is 0. The molecule has 0 amide bonds. The molecule has 0 aromatic heterocycles. The number of sulfone groups is 1. The van der Waals surface area contributed by atoms with E-state index in [9.17, 15) is 18.5 Å². The van der Waals surface area contributed by atoms with Gasteiger partial charge in [0, 0.05) is 12.1 Å². The quantitative estimate of drug-likeness (QED) is 0.480. The highest BCUT2D eigenvalue weighted by molar-refractivity contribution is 7.91. The molecule has 1 aromatic carbocycles. The molecule has 0 aliphatic heterocycles. The highest BCUT2D eigenvalue weighted by atomic mass is 32.2. The number of nitrogens with zero attached hydrogens (tertiary/aromatic N) is 1. The lowest BCUT2D eigenvalue weighted by molar-refractivity contribution is -0.384. The Balaban J connectivity index is 2.92. The van der Waals surface area contributed by atoms with Crippen molar-refractivity contribution in [3.8, 4) is 0 Å². The number of hydrogen-bond donors (Lipinski definition) is 1. The highest BCUT2D eigenvalue weighted by Crippen LogP contribution is 2.16. The normalized spacial score (nSPS) is 11.8. The second kappa shape index (κ2) is 5.55. The number of rotatable bonds is 5. The van der Waals surface area contributed by atoms with Crippen molar-refractivity contribution in [2.75, 3.05) is 12.4 Å². The van der Waals surface area contributed by atoms with Crippen LogP contribution in [0.1, 0.15) is 0 Å². The fraction of sp³-hybridized carbons (Fsp3) is 0.200. The van der Waals surface area contributed by atoms with E-state index in [-0.39, 0.29) is 22.9 Å². The molecule has 0 radical (unpaired) electrons. The highest BCUT2D eigenvalue weighted by Gasteiger charge is 2.14. The summed E-state index contributed by atoms with van der Waals surface area (Å²) in [5, 5.41) is 18.9. The van der Waals surface area contributed by atoms with Gasteiger partial charge in [-0.2, -0.15) is 0 Å². The first-order valence-corrected chi connectivity index (χ1v) is 6.35. The maximum Gasteiger partial charge on any atom is 0.269 e. The van der Waals surface area contributed by atoms with Gasteiger partial charge in [-0.1, -0.05) is 12.2 Å². The molecule has 0 fully saturated rings. The van der Waals surface area contributed by atoms with Gasteiger partial charge in [0.2, 0.25) is 0 Å². The molecule has 0 spiro atoms. The van der Waals surface area contributed by atoms with Crippen molar-refractivity contribution in [2.24, 2.45) is 0 Å². The van der Waals surface area contributed by atoms with Crippen LogP contribution in [0.2, 0.25) is 0 Å². The van der Waals surface area contributed by atoms with Gasteiger partial charge in [-0.15, -0.1) is 0 Å². The second-order valence-corrected chi connectivity index (χ2v) is 5.22. The second-order valence-electron chi connectivity index (χ2n) is 3.19. The largest absolute Gasteiger partial charge is 0.392 e. The van der Waals surface area contributed by atoms with E-state index in [1.54, 1.807) is 0 Å². The first-order valence-electron chi connectivity index (χ1n) is 4.70. The van der Waals surface area contributed by atoms with Crippen LogP contribution < -0.4 is 0 Å². The fourth-order valence-electron chi connectivity index (χ4n) is 1.14. The van der Waals surface area contributed by atoms with Crippen LogP contribution in [0.15, 0.2) is 41.3 Å². The summed E-state index contributed by atoms with van der Waals surface area (Å²) in [6, 6.07) is 4.67. The van der Waals surface area contributed by atoms with Crippen LogP contribution in [0.3, 0.4) is 0 Å². The fourth-order valence-corrected chi connectivity index (χ4v) is 2.27. The average molecular weight is 257 g/mol. The molecular weight excluding hydrogens is 246 g/mol. The van der Waals surface area contributed by atoms with Crippen molar-refractivity contribution in [3.63, 3.8) is 0 Å². The predicted octanol–water partition coefficient (Wildman–Crippen LogP) is 0.917. The maximum atomic E-state index is 11.7. The van der Waals surface area contributed by atoms with Crippen LogP contribution in [-0.4, -0.2) is 30.8 Å². The molecule has 1 N–H and O–H groups in total. The minimum atomic E-state index is -3.50. The van der Waals surface area contributed by atoms with Gasteiger partial charge < -0.3 is 5.11 Å². The number of non-ortho nitro benzene ring substituents is 1. The monoisotopic (exact) mass is 257 g/mol. The minimum Gasteiger partial charge on any atom is -0.392 e. The molecule has 0 atom stereocenters. The minimum absolute atomic E-state index is 0.0192. The zero-order valence-electron chi connectivity index (χ0n) is 8.81. The van der Waals surface area contributed by atoms with Crippen molar-refractivity contribution in [1.82, 2.24) is 0 Å². The van der Waals surface area contributed by atoms with Crippen molar-refractivity contribution in [1.29, 1.82) is 0 Å².